The summed E-state index contributed by atoms with van der Waals surface area (Å²) >= 11 is 0. The van der Waals surface area contributed by atoms with Gasteiger partial charge >= 0.3 is 0 Å². The Balaban J connectivity index is 1.61. The van der Waals surface area contributed by atoms with Crippen LogP contribution < -0.4 is 5.32 Å². The first-order valence-corrected chi connectivity index (χ1v) is 7.86. The third-order valence-electron chi connectivity index (χ3n) is 5.27. The summed E-state index contributed by atoms with van der Waals surface area (Å²) in [4.78, 5) is 0. The molecule has 2 saturated heterocycles. The average molecular weight is 269 g/mol. The summed E-state index contributed by atoms with van der Waals surface area (Å²) in [5, 5.41) is 13.5. The van der Waals surface area contributed by atoms with E-state index in [1.54, 1.807) is 0 Å². The van der Waals surface area contributed by atoms with Gasteiger partial charge < -0.3 is 19.9 Å². The minimum absolute atomic E-state index is 0.00559. The van der Waals surface area contributed by atoms with Crippen molar-refractivity contribution in [2.24, 2.45) is 0 Å². The Hall–Kier alpha value is -0.160. The molecule has 2 N–H and O–H groups in total. The molecule has 1 spiro atoms. The zero-order chi connectivity index (χ0) is 13.2. The van der Waals surface area contributed by atoms with E-state index in [1.807, 2.05) is 0 Å². The molecule has 1 aliphatic carbocycles. The minimum Gasteiger partial charge on any atom is -0.394 e. The zero-order valence-electron chi connectivity index (χ0n) is 11.8. The molecule has 0 aromatic carbocycles. The molecule has 4 heteroatoms. The highest BCUT2D eigenvalue weighted by atomic mass is 16.5. The molecule has 2 aliphatic heterocycles. The van der Waals surface area contributed by atoms with Crippen molar-refractivity contribution in [1.82, 2.24) is 5.32 Å². The highest BCUT2D eigenvalue weighted by Gasteiger charge is 2.42. The van der Waals surface area contributed by atoms with Crippen molar-refractivity contribution in [2.45, 2.75) is 68.5 Å². The maximum atomic E-state index is 9.74. The van der Waals surface area contributed by atoms with Crippen molar-refractivity contribution in [3.63, 3.8) is 0 Å². The van der Waals surface area contributed by atoms with E-state index in [1.165, 1.54) is 12.8 Å². The van der Waals surface area contributed by atoms with Crippen molar-refractivity contribution in [1.29, 1.82) is 0 Å². The second-order valence-electron chi connectivity index (χ2n) is 6.62. The predicted molar refractivity (Wildman–Crippen MR) is 73.2 cm³/mol. The van der Waals surface area contributed by atoms with Gasteiger partial charge in [0.05, 0.1) is 12.2 Å². The molecule has 3 fully saturated rings. The van der Waals surface area contributed by atoms with Gasteiger partial charge in [-0.1, -0.05) is 12.8 Å². The van der Waals surface area contributed by atoms with Crippen LogP contribution in [0.4, 0.5) is 0 Å². The first kappa shape index (κ1) is 13.8. The maximum absolute atomic E-state index is 9.74. The van der Waals surface area contributed by atoms with Crippen LogP contribution in [0.1, 0.15) is 51.4 Å². The fourth-order valence-corrected chi connectivity index (χ4v) is 4.08. The van der Waals surface area contributed by atoms with E-state index in [0.717, 1.165) is 58.3 Å². The van der Waals surface area contributed by atoms with E-state index >= 15 is 0 Å². The van der Waals surface area contributed by atoms with E-state index < -0.39 is 0 Å². The van der Waals surface area contributed by atoms with Gasteiger partial charge in [-0.2, -0.15) is 0 Å². The van der Waals surface area contributed by atoms with Gasteiger partial charge in [0.25, 0.3) is 0 Å². The normalized spacial score (nSPS) is 33.6. The van der Waals surface area contributed by atoms with Crippen molar-refractivity contribution in [2.75, 3.05) is 26.4 Å². The lowest BCUT2D eigenvalue weighted by molar-refractivity contribution is -0.142. The molecular formula is C15H27NO3. The topological polar surface area (TPSA) is 50.7 Å². The molecular weight excluding hydrogens is 242 g/mol. The molecule has 19 heavy (non-hydrogen) atoms. The lowest BCUT2D eigenvalue weighted by Gasteiger charge is -2.45. The van der Waals surface area contributed by atoms with Gasteiger partial charge in [-0.05, 0) is 38.5 Å². The summed E-state index contributed by atoms with van der Waals surface area (Å²) < 4.78 is 11.6. The largest absolute Gasteiger partial charge is 0.394 e. The Morgan fingerprint density at radius 3 is 2.47 bits per heavy atom. The molecule has 4 nitrogen and oxygen atoms in total. The number of aliphatic hydroxyl groups excluding tert-OH is 1. The van der Waals surface area contributed by atoms with Crippen LogP contribution in [-0.4, -0.2) is 48.7 Å². The van der Waals surface area contributed by atoms with E-state index in [-0.39, 0.29) is 17.7 Å². The number of nitrogens with one attached hydrogen (secondary N) is 1. The lowest BCUT2D eigenvalue weighted by Crippen LogP contribution is -2.57. The van der Waals surface area contributed by atoms with Gasteiger partial charge in [0, 0.05) is 31.4 Å². The highest BCUT2D eigenvalue weighted by molar-refractivity contribution is 4.98. The summed E-state index contributed by atoms with van der Waals surface area (Å²) in [5.41, 5.74) is 0.0395. The van der Waals surface area contributed by atoms with E-state index in [4.69, 9.17) is 9.47 Å². The SMILES string of the molecule is OCC1(NC2CCOC3(CCOCC3)C2)CCCC1. The van der Waals surface area contributed by atoms with E-state index in [2.05, 4.69) is 5.32 Å². The number of ether oxygens (including phenoxy) is 2. The molecule has 0 aromatic heterocycles. The van der Waals surface area contributed by atoms with Gasteiger partial charge in [-0.15, -0.1) is 0 Å². The Morgan fingerprint density at radius 2 is 1.79 bits per heavy atom. The third kappa shape index (κ3) is 2.97. The fourth-order valence-electron chi connectivity index (χ4n) is 4.08. The van der Waals surface area contributed by atoms with Crippen LogP contribution in [0.3, 0.4) is 0 Å². The lowest BCUT2D eigenvalue weighted by atomic mass is 9.83. The Labute approximate surface area is 115 Å². The number of hydrogen-bond acceptors (Lipinski definition) is 4. The van der Waals surface area contributed by atoms with Crippen LogP contribution in [0.25, 0.3) is 0 Å². The van der Waals surface area contributed by atoms with E-state index in [0.29, 0.717) is 6.04 Å². The summed E-state index contributed by atoms with van der Waals surface area (Å²) in [6.45, 7) is 2.79. The molecule has 0 radical (unpaired) electrons. The molecule has 1 unspecified atom stereocenters. The molecule has 1 atom stereocenters. The van der Waals surface area contributed by atoms with Gasteiger partial charge in [-0.25, -0.2) is 0 Å². The highest BCUT2D eigenvalue weighted by Crippen LogP contribution is 2.37. The second kappa shape index (κ2) is 5.68. The number of rotatable bonds is 3. The quantitative estimate of drug-likeness (QED) is 0.817. The Morgan fingerprint density at radius 1 is 1.05 bits per heavy atom. The van der Waals surface area contributed by atoms with Gasteiger partial charge in [0.2, 0.25) is 0 Å². The Kier molecular flexibility index (Phi) is 4.13. The second-order valence-corrected chi connectivity index (χ2v) is 6.62. The first-order valence-electron chi connectivity index (χ1n) is 7.86. The number of aliphatic hydroxyl groups is 1. The average Bonchev–Trinajstić information content (AvgIpc) is 2.89. The van der Waals surface area contributed by atoms with Crippen LogP contribution in [-0.2, 0) is 9.47 Å². The molecule has 110 valence electrons. The molecule has 0 aromatic rings. The first-order chi connectivity index (χ1) is 9.26. The van der Waals surface area contributed by atoms with Crippen molar-refractivity contribution < 1.29 is 14.6 Å². The molecule has 0 bridgehead atoms. The molecule has 2 heterocycles. The van der Waals surface area contributed by atoms with Crippen molar-refractivity contribution in [3.05, 3.63) is 0 Å². The monoisotopic (exact) mass is 269 g/mol. The van der Waals surface area contributed by atoms with Gasteiger partial charge in [0.1, 0.15) is 0 Å². The molecule has 1 saturated carbocycles. The zero-order valence-corrected chi connectivity index (χ0v) is 11.8. The Bertz CT molecular complexity index is 290. The standard InChI is InChI=1S/C15H27NO3/c17-12-14(4-1-2-5-14)16-13-3-8-19-15(11-13)6-9-18-10-7-15/h13,16-17H,1-12H2. The van der Waals surface area contributed by atoms with Gasteiger partial charge in [-0.3, -0.25) is 0 Å². The van der Waals surface area contributed by atoms with Crippen LogP contribution >= 0.6 is 0 Å². The smallest absolute Gasteiger partial charge is 0.0741 e. The molecule has 3 rings (SSSR count). The summed E-state index contributed by atoms with van der Waals surface area (Å²) in [6.07, 6.45) is 8.94. The van der Waals surface area contributed by atoms with Crippen LogP contribution in [0.15, 0.2) is 0 Å². The summed E-state index contributed by atoms with van der Waals surface area (Å²) in [6, 6.07) is 0.497. The number of hydrogen-bond donors (Lipinski definition) is 2. The maximum Gasteiger partial charge on any atom is 0.0741 e. The van der Waals surface area contributed by atoms with E-state index in [9.17, 15) is 5.11 Å². The van der Waals surface area contributed by atoms with Gasteiger partial charge in [0.15, 0.2) is 0 Å². The summed E-state index contributed by atoms with van der Waals surface area (Å²) in [7, 11) is 0. The minimum atomic E-state index is -0.00559. The van der Waals surface area contributed by atoms with Crippen molar-refractivity contribution in [3.8, 4) is 0 Å². The predicted octanol–water partition coefficient (Wildman–Crippen LogP) is 1.61. The fraction of sp³-hybridized carbons (Fsp3) is 1.00. The van der Waals surface area contributed by atoms with Crippen LogP contribution in [0, 0.1) is 0 Å². The summed E-state index contributed by atoms with van der Waals surface area (Å²) in [5.74, 6) is 0. The third-order valence-corrected chi connectivity index (χ3v) is 5.27. The molecule has 3 aliphatic rings. The van der Waals surface area contributed by atoms with Crippen molar-refractivity contribution >= 4 is 0 Å². The van der Waals surface area contributed by atoms with Crippen LogP contribution in [0.5, 0.6) is 0 Å². The molecule has 0 amide bonds. The van der Waals surface area contributed by atoms with Crippen LogP contribution in [0.2, 0.25) is 0 Å².